The summed E-state index contributed by atoms with van der Waals surface area (Å²) < 4.78 is 0. The van der Waals surface area contributed by atoms with Crippen LogP contribution in [0.5, 0.6) is 0 Å². The molecule has 1 aliphatic carbocycles. The van der Waals surface area contributed by atoms with Crippen LogP contribution in [0.15, 0.2) is 54.6 Å². The lowest BCUT2D eigenvalue weighted by molar-refractivity contribution is 0.0895. The molecule has 0 N–H and O–H groups in total. The smallest absolute Gasteiger partial charge is 0.174 e. The van der Waals surface area contributed by atoms with Gasteiger partial charge in [-0.15, -0.1) is 0 Å². The number of carbonyl (C=O) groups excluding carboxylic acids is 1. The molecule has 3 rings (SSSR count). The van der Waals surface area contributed by atoms with Crippen molar-refractivity contribution in [1.82, 2.24) is 0 Å². The molecule has 0 saturated carbocycles. The van der Waals surface area contributed by atoms with Crippen LogP contribution in [-0.4, -0.2) is 5.78 Å². The van der Waals surface area contributed by atoms with Crippen LogP contribution in [0.1, 0.15) is 34.3 Å². The maximum Gasteiger partial charge on any atom is 0.174 e. The largest absolute Gasteiger partial charge is 0.293 e. The van der Waals surface area contributed by atoms with Crippen molar-refractivity contribution in [2.75, 3.05) is 0 Å². The minimum Gasteiger partial charge on any atom is -0.293 e. The molecule has 0 spiro atoms. The lowest BCUT2D eigenvalue weighted by Crippen LogP contribution is -2.33. The molecule has 0 aromatic heterocycles. The van der Waals surface area contributed by atoms with Crippen molar-refractivity contribution in [2.45, 2.75) is 24.7 Å². The normalized spacial score (nSPS) is 20.4. The standard InChI is InChI=1S/C18H15NO/c19-12-6-11-18(15-8-2-1-3-9-15)13-14-7-4-5-10-16(14)17(18)20/h1-5,7-10H,6,11,13H2. The number of rotatable bonds is 3. The summed E-state index contributed by atoms with van der Waals surface area (Å²) in [5.41, 5.74) is 2.38. The molecule has 0 saturated heterocycles. The summed E-state index contributed by atoms with van der Waals surface area (Å²) >= 11 is 0. The molecule has 1 aliphatic rings. The van der Waals surface area contributed by atoms with Crippen molar-refractivity contribution in [1.29, 1.82) is 5.26 Å². The van der Waals surface area contributed by atoms with Gasteiger partial charge in [-0.05, 0) is 24.0 Å². The Bertz CT molecular complexity index is 684. The maximum absolute atomic E-state index is 12.9. The van der Waals surface area contributed by atoms with Crippen LogP contribution >= 0.6 is 0 Å². The Morgan fingerprint density at radius 3 is 2.45 bits per heavy atom. The summed E-state index contributed by atoms with van der Waals surface area (Å²) in [7, 11) is 0. The Hall–Kier alpha value is -2.40. The highest BCUT2D eigenvalue weighted by Crippen LogP contribution is 2.42. The van der Waals surface area contributed by atoms with E-state index in [9.17, 15) is 4.79 Å². The number of carbonyl (C=O) groups is 1. The molecule has 2 heteroatoms. The highest BCUT2D eigenvalue weighted by molar-refractivity contribution is 6.08. The highest BCUT2D eigenvalue weighted by atomic mass is 16.1. The van der Waals surface area contributed by atoms with E-state index >= 15 is 0 Å². The molecule has 98 valence electrons. The van der Waals surface area contributed by atoms with Gasteiger partial charge in [0.15, 0.2) is 5.78 Å². The monoisotopic (exact) mass is 261 g/mol. The molecule has 0 fully saturated rings. The van der Waals surface area contributed by atoms with E-state index in [1.165, 1.54) is 0 Å². The van der Waals surface area contributed by atoms with Gasteiger partial charge in [0.2, 0.25) is 0 Å². The van der Waals surface area contributed by atoms with Crippen LogP contribution in [0.25, 0.3) is 0 Å². The third-order valence-electron chi connectivity index (χ3n) is 4.18. The number of fused-ring (bicyclic) bond motifs is 1. The predicted molar refractivity (Wildman–Crippen MR) is 77.4 cm³/mol. The summed E-state index contributed by atoms with van der Waals surface area (Å²) in [6.45, 7) is 0. The molecule has 0 radical (unpaired) electrons. The van der Waals surface area contributed by atoms with Crippen molar-refractivity contribution < 1.29 is 4.79 Å². The van der Waals surface area contributed by atoms with Crippen LogP contribution in [0.2, 0.25) is 0 Å². The fourth-order valence-electron chi connectivity index (χ4n) is 3.17. The summed E-state index contributed by atoms with van der Waals surface area (Å²) in [5, 5.41) is 8.93. The zero-order valence-electron chi connectivity index (χ0n) is 11.2. The van der Waals surface area contributed by atoms with Gasteiger partial charge in [0.1, 0.15) is 0 Å². The minimum atomic E-state index is -0.555. The second-order valence-electron chi connectivity index (χ2n) is 5.27. The fraction of sp³-hybridized carbons (Fsp3) is 0.222. The first kappa shape index (κ1) is 12.6. The number of Topliss-reactive ketones (excluding diaryl/α,β-unsaturated/α-hetero) is 1. The van der Waals surface area contributed by atoms with E-state index in [-0.39, 0.29) is 5.78 Å². The Labute approximate surface area is 118 Å². The second kappa shape index (κ2) is 4.94. The lowest BCUT2D eigenvalue weighted by Gasteiger charge is -2.27. The third-order valence-corrected chi connectivity index (χ3v) is 4.18. The van der Waals surface area contributed by atoms with Crippen molar-refractivity contribution in [3.8, 4) is 6.07 Å². The number of hydrogen-bond acceptors (Lipinski definition) is 2. The number of nitriles is 1. The first-order valence-electron chi connectivity index (χ1n) is 6.83. The minimum absolute atomic E-state index is 0.162. The van der Waals surface area contributed by atoms with Gasteiger partial charge < -0.3 is 0 Å². The van der Waals surface area contributed by atoms with Gasteiger partial charge in [-0.3, -0.25) is 4.79 Å². The number of benzene rings is 2. The summed E-state index contributed by atoms with van der Waals surface area (Å²) in [6.07, 6.45) is 1.68. The first-order valence-corrected chi connectivity index (χ1v) is 6.83. The average molecular weight is 261 g/mol. The van der Waals surface area contributed by atoms with Gasteiger partial charge in [-0.2, -0.15) is 5.26 Å². The first-order chi connectivity index (χ1) is 9.78. The Morgan fingerprint density at radius 2 is 1.75 bits per heavy atom. The SMILES string of the molecule is N#CCCC1(c2ccccc2)Cc2ccccc2C1=O. The van der Waals surface area contributed by atoms with Crippen LogP contribution < -0.4 is 0 Å². The Balaban J connectivity index is 2.11. The van der Waals surface area contributed by atoms with Crippen molar-refractivity contribution >= 4 is 5.78 Å². The predicted octanol–water partition coefficient (Wildman–Crippen LogP) is 3.67. The van der Waals surface area contributed by atoms with Gasteiger partial charge in [-0.25, -0.2) is 0 Å². The molecule has 1 unspecified atom stereocenters. The topological polar surface area (TPSA) is 40.9 Å². The zero-order chi connectivity index (χ0) is 14.0. The molecule has 0 bridgehead atoms. The van der Waals surface area contributed by atoms with E-state index in [2.05, 4.69) is 6.07 Å². The van der Waals surface area contributed by atoms with Gasteiger partial charge in [0.05, 0.1) is 11.5 Å². The van der Waals surface area contributed by atoms with Crippen molar-refractivity contribution in [3.63, 3.8) is 0 Å². The molecule has 0 amide bonds. The summed E-state index contributed by atoms with van der Waals surface area (Å²) in [5.74, 6) is 0.162. The van der Waals surface area contributed by atoms with Crippen molar-refractivity contribution in [3.05, 3.63) is 71.3 Å². The van der Waals surface area contributed by atoms with E-state index in [4.69, 9.17) is 5.26 Å². The molecule has 20 heavy (non-hydrogen) atoms. The van der Waals surface area contributed by atoms with E-state index in [0.717, 1.165) is 16.7 Å². The molecule has 2 nitrogen and oxygen atoms in total. The zero-order valence-corrected chi connectivity index (χ0v) is 11.2. The number of hydrogen-bond donors (Lipinski definition) is 0. The molecule has 1 atom stereocenters. The molecule has 0 heterocycles. The molecular formula is C18H15NO. The quantitative estimate of drug-likeness (QED) is 0.845. The van der Waals surface area contributed by atoms with Crippen LogP contribution in [0.4, 0.5) is 0 Å². The summed E-state index contributed by atoms with van der Waals surface area (Å²) in [4.78, 5) is 12.9. The Morgan fingerprint density at radius 1 is 1.05 bits per heavy atom. The van der Waals surface area contributed by atoms with E-state index in [1.807, 2.05) is 54.6 Å². The number of nitrogens with zero attached hydrogens (tertiary/aromatic N) is 1. The van der Waals surface area contributed by atoms with Gasteiger partial charge in [0, 0.05) is 12.0 Å². The highest BCUT2D eigenvalue weighted by Gasteiger charge is 2.45. The second-order valence-corrected chi connectivity index (χ2v) is 5.27. The molecule has 2 aromatic carbocycles. The average Bonchev–Trinajstić information content (AvgIpc) is 2.80. The lowest BCUT2D eigenvalue weighted by atomic mass is 9.73. The maximum atomic E-state index is 12.9. The Kier molecular flexibility index (Phi) is 3.12. The van der Waals surface area contributed by atoms with E-state index < -0.39 is 5.41 Å². The van der Waals surface area contributed by atoms with E-state index in [0.29, 0.717) is 19.3 Å². The third kappa shape index (κ3) is 1.83. The molecule has 0 aliphatic heterocycles. The molecular weight excluding hydrogens is 246 g/mol. The molecule has 2 aromatic rings. The van der Waals surface area contributed by atoms with Gasteiger partial charge in [-0.1, -0.05) is 54.6 Å². The van der Waals surface area contributed by atoms with Crippen LogP contribution in [0, 0.1) is 11.3 Å². The van der Waals surface area contributed by atoms with Crippen molar-refractivity contribution in [2.24, 2.45) is 0 Å². The number of ketones is 1. The van der Waals surface area contributed by atoms with Gasteiger partial charge >= 0.3 is 0 Å². The van der Waals surface area contributed by atoms with Crippen LogP contribution in [0.3, 0.4) is 0 Å². The van der Waals surface area contributed by atoms with Crippen LogP contribution in [-0.2, 0) is 11.8 Å². The van der Waals surface area contributed by atoms with Gasteiger partial charge in [0.25, 0.3) is 0 Å². The fourth-order valence-corrected chi connectivity index (χ4v) is 3.17. The van der Waals surface area contributed by atoms with E-state index in [1.54, 1.807) is 0 Å². The summed E-state index contributed by atoms with van der Waals surface area (Å²) in [6, 6.07) is 19.8.